The van der Waals surface area contributed by atoms with Crippen LogP contribution >= 0.6 is 0 Å². The lowest BCUT2D eigenvalue weighted by atomic mass is 9.81. The summed E-state index contributed by atoms with van der Waals surface area (Å²) < 4.78 is 0. The molecule has 0 unspecified atom stereocenters. The molecule has 36 heavy (non-hydrogen) atoms. The van der Waals surface area contributed by atoms with Gasteiger partial charge in [-0.1, -0.05) is 78.9 Å². The lowest BCUT2D eigenvalue weighted by Crippen LogP contribution is -2.53. The molecule has 5 heteroatoms. The van der Waals surface area contributed by atoms with E-state index < -0.39 is 6.04 Å². The number of rotatable bonds is 7. The van der Waals surface area contributed by atoms with Gasteiger partial charge in [-0.3, -0.25) is 19.3 Å². The number of hydrogen-bond donors (Lipinski definition) is 0. The molecule has 5 nitrogen and oxygen atoms in total. The largest absolute Gasteiger partial charge is 0.306 e. The summed E-state index contributed by atoms with van der Waals surface area (Å²) in [7, 11) is 0. The van der Waals surface area contributed by atoms with Gasteiger partial charge in [-0.2, -0.15) is 0 Å². The summed E-state index contributed by atoms with van der Waals surface area (Å²) in [5, 5.41) is 0. The highest BCUT2D eigenvalue weighted by atomic mass is 16.2. The van der Waals surface area contributed by atoms with Crippen molar-refractivity contribution in [3.63, 3.8) is 0 Å². The third-order valence-corrected chi connectivity index (χ3v) is 8.35. The highest BCUT2D eigenvalue weighted by molar-refractivity contribution is 6.11. The molecule has 2 aliphatic carbocycles. The van der Waals surface area contributed by atoms with Crippen LogP contribution < -0.4 is 4.90 Å². The van der Waals surface area contributed by atoms with Crippen LogP contribution in [0.2, 0.25) is 0 Å². The Bertz CT molecular complexity index is 1230. The highest BCUT2D eigenvalue weighted by Crippen LogP contribution is 2.56. The number of benzene rings is 3. The fourth-order valence-corrected chi connectivity index (χ4v) is 6.72. The molecule has 3 amide bonds. The molecule has 3 aliphatic rings. The predicted octanol–water partition coefficient (Wildman–Crippen LogP) is 4.86. The minimum absolute atomic E-state index is 0.140. The Morgan fingerprint density at radius 1 is 0.750 bits per heavy atom. The standard InChI is InChI=1S/C31H30N2O3/c34-29(32(25-14-8-3-9-15-25)20-22-12-6-2-7-13-22)26(18-21-10-4-1-5-11-21)33-30(35)27-23-16-17-24(19-23)28(27)31(33)36/h1-15,23-24,26-28H,16-20H2/t23-,24-,26-,27+,28+/m0/s1. The van der Waals surface area contributed by atoms with E-state index in [0.717, 1.165) is 36.1 Å². The van der Waals surface area contributed by atoms with Crippen molar-refractivity contribution in [1.29, 1.82) is 0 Å². The van der Waals surface area contributed by atoms with E-state index in [1.54, 1.807) is 4.90 Å². The minimum Gasteiger partial charge on any atom is -0.306 e. The molecular weight excluding hydrogens is 448 g/mol. The maximum atomic E-state index is 14.4. The second-order valence-electron chi connectivity index (χ2n) is 10.4. The van der Waals surface area contributed by atoms with E-state index >= 15 is 0 Å². The molecule has 3 fully saturated rings. The van der Waals surface area contributed by atoms with Crippen LogP contribution in [0.15, 0.2) is 91.0 Å². The van der Waals surface area contributed by atoms with Gasteiger partial charge in [0.15, 0.2) is 0 Å². The topological polar surface area (TPSA) is 57.7 Å². The number of carbonyl (C=O) groups is 3. The molecule has 3 aromatic rings. The SMILES string of the molecule is O=C([C@H](Cc1ccccc1)N1C(=O)[C@@H]2[C@H]3CC[C@@H](C3)[C@H]2C1=O)N(Cc1ccccc1)c1ccccc1. The molecule has 2 saturated carbocycles. The molecule has 0 aromatic heterocycles. The van der Waals surface area contributed by atoms with Gasteiger partial charge in [-0.05, 0) is 54.4 Å². The van der Waals surface area contributed by atoms with Crippen molar-refractivity contribution in [3.05, 3.63) is 102 Å². The molecular formula is C31H30N2O3. The third kappa shape index (κ3) is 3.93. The molecule has 1 saturated heterocycles. The second-order valence-corrected chi connectivity index (χ2v) is 10.4. The summed E-state index contributed by atoms with van der Waals surface area (Å²) in [5.74, 6) is -0.434. The van der Waals surface area contributed by atoms with E-state index in [1.807, 2.05) is 91.0 Å². The van der Waals surface area contributed by atoms with Crippen LogP contribution in [0.4, 0.5) is 5.69 Å². The van der Waals surface area contributed by atoms with Crippen LogP contribution in [0.5, 0.6) is 0 Å². The first-order valence-corrected chi connectivity index (χ1v) is 12.9. The van der Waals surface area contributed by atoms with Gasteiger partial charge in [0.25, 0.3) is 5.91 Å². The van der Waals surface area contributed by atoms with Crippen molar-refractivity contribution < 1.29 is 14.4 Å². The van der Waals surface area contributed by atoms with Gasteiger partial charge in [0.05, 0.1) is 18.4 Å². The fourth-order valence-electron chi connectivity index (χ4n) is 6.72. The van der Waals surface area contributed by atoms with E-state index in [0.29, 0.717) is 13.0 Å². The van der Waals surface area contributed by atoms with Crippen molar-refractivity contribution >= 4 is 23.4 Å². The quantitative estimate of drug-likeness (QED) is 0.456. The van der Waals surface area contributed by atoms with Gasteiger partial charge >= 0.3 is 0 Å². The number of hydrogen-bond acceptors (Lipinski definition) is 3. The zero-order chi connectivity index (χ0) is 24.6. The number of amides is 3. The second kappa shape index (κ2) is 9.38. The van der Waals surface area contributed by atoms with Crippen LogP contribution in [0, 0.1) is 23.7 Å². The van der Waals surface area contributed by atoms with Crippen molar-refractivity contribution in [3.8, 4) is 0 Å². The summed E-state index contributed by atoms with van der Waals surface area (Å²) in [6, 6.07) is 28.2. The Morgan fingerprint density at radius 3 is 1.81 bits per heavy atom. The number of imide groups is 1. The zero-order valence-electron chi connectivity index (χ0n) is 20.2. The average Bonchev–Trinajstić information content (AvgIpc) is 3.61. The van der Waals surface area contributed by atoms with E-state index in [-0.39, 0.29) is 41.4 Å². The molecule has 2 bridgehead atoms. The summed E-state index contributed by atoms with van der Waals surface area (Å²) in [6.07, 6.45) is 3.31. The van der Waals surface area contributed by atoms with Gasteiger partial charge in [0, 0.05) is 12.1 Å². The molecule has 1 heterocycles. The third-order valence-electron chi connectivity index (χ3n) is 8.35. The van der Waals surface area contributed by atoms with Crippen LogP contribution in [-0.4, -0.2) is 28.7 Å². The van der Waals surface area contributed by atoms with Gasteiger partial charge in [-0.15, -0.1) is 0 Å². The number of para-hydroxylation sites is 1. The van der Waals surface area contributed by atoms with Gasteiger partial charge in [0.1, 0.15) is 6.04 Å². The fraction of sp³-hybridized carbons (Fsp3) is 0.323. The first-order valence-electron chi connectivity index (χ1n) is 12.9. The van der Waals surface area contributed by atoms with E-state index in [2.05, 4.69) is 0 Å². The van der Waals surface area contributed by atoms with Crippen molar-refractivity contribution in [2.75, 3.05) is 4.90 Å². The molecule has 1 aliphatic heterocycles. The number of likely N-dealkylation sites (tertiary alicyclic amines) is 1. The Labute approximate surface area is 211 Å². The lowest BCUT2D eigenvalue weighted by molar-refractivity contribution is -0.148. The zero-order valence-corrected chi connectivity index (χ0v) is 20.2. The van der Waals surface area contributed by atoms with Crippen molar-refractivity contribution in [2.24, 2.45) is 23.7 Å². The summed E-state index contributed by atoms with van der Waals surface area (Å²) in [5.41, 5.74) is 2.68. The highest BCUT2D eigenvalue weighted by Gasteiger charge is 2.62. The summed E-state index contributed by atoms with van der Waals surface area (Å²) >= 11 is 0. The molecule has 0 spiro atoms. The lowest BCUT2D eigenvalue weighted by Gasteiger charge is -2.32. The van der Waals surface area contributed by atoms with Gasteiger partial charge in [-0.25, -0.2) is 0 Å². The number of fused-ring (bicyclic) bond motifs is 5. The monoisotopic (exact) mass is 478 g/mol. The van der Waals surface area contributed by atoms with E-state index in [9.17, 15) is 14.4 Å². The van der Waals surface area contributed by atoms with Crippen LogP contribution in [0.1, 0.15) is 30.4 Å². The van der Waals surface area contributed by atoms with Crippen LogP contribution in [0.25, 0.3) is 0 Å². The Morgan fingerprint density at radius 2 is 1.25 bits per heavy atom. The predicted molar refractivity (Wildman–Crippen MR) is 138 cm³/mol. The van der Waals surface area contributed by atoms with E-state index in [1.165, 1.54) is 4.90 Å². The number of carbonyl (C=O) groups excluding carboxylic acids is 3. The number of nitrogens with zero attached hydrogens (tertiary/aromatic N) is 2. The Kier molecular flexibility index (Phi) is 5.92. The van der Waals surface area contributed by atoms with Gasteiger partial charge < -0.3 is 4.90 Å². The molecule has 6 rings (SSSR count). The minimum atomic E-state index is -0.874. The molecule has 182 valence electrons. The maximum Gasteiger partial charge on any atom is 0.250 e. The first kappa shape index (κ1) is 22.7. The molecule has 3 aromatic carbocycles. The molecule has 0 radical (unpaired) electrons. The average molecular weight is 479 g/mol. The van der Waals surface area contributed by atoms with Crippen molar-refractivity contribution in [1.82, 2.24) is 4.90 Å². The Hall–Kier alpha value is -3.73. The van der Waals surface area contributed by atoms with Crippen LogP contribution in [-0.2, 0) is 27.3 Å². The van der Waals surface area contributed by atoms with Gasteiger partial charge in [0.2, 0.25) is 11.8 Å². The van der Waals surface area contributed by atoms with E-state index in [4.69, 9.17) is 0 Å². The first-order chi connectivity index (χ1) is 17.6. The summed E-state index contributed by atoms with van der Waals surface area (Å²) in [6.45, 7) is 0.364. The molecule has 5 atom stereocenters. The smallest absolute Gasteiger partial charge is 0.250 e. The number of anilines is 1. The normalized spacial score (nSPS) is 25.2. The molecule has 0 N–H and O–H groups in total. The summed E-state index contributed by atoms with van der Waals surface area (Å²) in [4.78, 5) is 45.0. The van der Waals surface area contributed by atoms with Crippen LogP contribution in [0.3, 0.4) is 0 Å². The maximum absolute atomic E-state index is 14.4. The van der Waals surface area contributed by atoms with Crippen molar-refractivity contribution in [2.45, 2.75) is 38.3 Å². The Balaban J connectivity index is 1.39.